The molecule has 0 saturated heterocycles. The van der Waals surface area contributed by atoms with Gasteiger partial charge in [-0.25, -0.2) is 4.79 Å². The molecule has 0 aliphatic carbocycles. The first-order valence-electron chi connectivity index (χ1n) is 9.29. The van der Waals surface area contributed by atoms with Crippen molar-refractivity contribution in [3.63, 3.8) is 0 Å². The number of esters is 1. The van der Waals surface area contributed by atoms with E-state index in [-0.39, 0.29) is 5.54 Å². The van der Waals surface area contributed by atoms with Gasteiger partial charge in [-0.15, -0.1) is 0 Å². The van der Waals surface area contributed by atoms with Crippen LogP contribution in [0.25, 0.3) is 0 Å². The van der Waals surface area contributed by atoms with Crippen molar-refractivity contribution < 1.29 is 23.9 Å². The standard InChI is InChI=1S/C16H39O5Si6/c1-13(2)15(17)21-16(26(9,10)23(5)19,27(11,12)24(6)20)14(3)25(7,8)22(4)18/h14,18-20H,1H2,2-12H3. The van der Waals surface area contributed by atoms with Crippen LogP contribution in [0.15, 0.2) is 12.2 Å². The van der Waals surface area contributed by atoms with E-state index in [1.165, 1.54) is 0 Å². The minimum atomic E-state index is -2.55. The summed E-state index contributed by atoms with van der Waals surface area (Å²) >= 11 is 0. The molecule has 0 aliphatic rings. The lowest BCUT2D eigenvalue weighted by Gasteiger charge is -2.60. The first kappa shape index (κ1) is 27.4. The van der Waals surface area contributed by atoms with Gasteiger partial charge in [0.15, 0.2) is 25.7 Å². The van der Waals surface area contributed by atoms with Crippen molar-refractivity contribution in [3.8, 4) is 0 Å². The van der Waals surface area contributed by atoms with E-state index in [0.29, 0.717) is 5.57 Å². The number of hydrogen-bond donors (Lipinski definition) is 3. The zero-order valence-electron chi connectivity index (χ0n) is 18.9. The van der Waals surface area contributed by atoms with Gasteiger partial charge in [0.05, 0.1) is 12.4 Å². The molecule has 0 fully saturated rings. The fourth-order valence-corrected chi connectivity index (χ4v) is 39.1. The summed E-state index contributed by atoms with van der Waals surface area (Å²) in [5.74, 6) is -0.442. The van der Waals surface area contributed by atoms with Gasteiger partial charge >= 0.3 is 5.97 Å². The maximum atomic E-state index is 12.8. The van der Waals surface area contributed by atoms with Crippen LogP contribution >= 0.6 is 0 Å². The van der Waals surface area contributed by atoms with Crippen LogP contribution in [0.5, 0.6) is 0 Å². The first-order chi connectivity index (χ1) is 11.8. The van der Waals surface area contributed by atoms with Crippen LogP contribution in [0.1, 0.15) is 13.8 Å². The molecule has 0 aliphatic heterocycles. The van der Waals surface area contributed by atoms with Crippen molar-refractivity contribution >= 4 is 54.4 Å². The van der Waals surface area contributed by atoms with E-state index in [4.69, 9.17) is 4.74 Å². The monoisotopic (exact) mass is 479 g/mol. The Labute approximate surface area is 173 Å². The highest BCUT2D eigenvalue weighted by Gasteiger charge is 2.69. The molecule has 0 aromatic carbocycles. The zero-order chi connectivity index (χ0) is 22.2. The Hall–Kier alpha value is 0.391. The summed E-state index contributed by atoms with van der Waals surface area (Å²) in [5.41, 5.74) is 0.275. The Balaban J connectivity index is 7.16. The molecule has 0 aromatic rings. The molecule has 157 valence electrons. The summed E-state index contributed by atoms with van der Waals surface area (Å²) in [7, 11) is -12.4. The molecular weight excluding hydrogens is 441 g/mol. The van der Waals surface area contributed by atoms with E-state index in [9.17, 15) is 19.2 Å². The molecule has 0 amide bonds. The summed E-state index contributed by atoms with van der Waals surface area (Å²) < 4.78 is 6.41. The SMILES string of the molecule is C=C(C)C(=O)OC(C(C)[Si](C)(C)[Si](C)O)([Si](C)(C)[Si](C)O)[Si](C)(C)[Si](C)O. The van der Waals surface area contributed by atoms with Gasteiger partial charge in [0, 0.05) is 5.57 Å². The maximum Gasteiger partial charge on any atom is 0.332 e. The Morgan fingerprint density at radius 1 is 0.926 bits per heavy atom. The lowest BCUT2D eigenvalue weighted by Crippen LogP contribution is -2.83. The number of rotatable bonds is 9. The van der Waals surface area contributed by atoms with Crippen molar-refractivity contribution in [2.75, 3.05) is 0 Å². The van der Waals surface area contributed by atoms with Crippen LogP contribution < -0.4 is 0 Å². The van der Waals surface area contributed by atoms with E-state index in [0.717, 1.165) is 0 Å². The highest BCUT2D eigenvalue weighted by molar-refractivity contribution is 7.43. The highest BCUT2D eigenvalue weighted by Crippen LogP contribution is 2.49. The van der Waals surface area contributed by atoms with Gasteiger partial charge in [-0.1, -0.05) is 52.8 Å². The van der Waals surface area contributed by atoms with E-state index >= 15 is 0 Å². The van der Waals surface area contributed by atoms with Crippen molar-refractivity contribution in [1.29, 1.82) is 0 Å². The van der Waals surface area contributed by atoms with Gasteiger partial charge < -0.3 is 19.1 Å². The topological polar surface area (TPSA) is 87.0 Å². The molecule has 5 nitrogen and oxygen atoms in total. The van der Waals surface area contributed by atoms with E-state index in [1.54, 1.807) is 6.92 Å². The van der Waals surface area contributed by atoms with Crippen molar-refractivity contribution in [2.45, 2.75) is 83.2 Å². The Morgan fingerprint density at radius 2 is 1.26 bits per heavy atom. The molecule has 1 atom stereocenters. The smallest absolute Gasteiger partial charge is 0.332 e. The normalized spacial score (nSPS) is 15.4. The second kappa shape index (κ2) is 9.04. The van der Waals surface area contributed by atoms with Gasteiger partial charge in [-0.3, -0.25) is 0 Å². The summed E-state index contributed by atoms with van der Waals surface area (Å²) in [6, 6.07) is 0. The Bertz CT molecular complexity index is 540. The van der Waals surface area contributed by atoms with Gasteiger partial charge in [0.25, 0.3) is 0 Å². The Kier molecular flexibility index (Phi) is 9.17. The van der Waals surface area contributed by atoms with Gasteiger partial charge in [0.2, 0.25) is 0 Å². The van der Waals surface area contributed by atoms with Crippen molar-refractivity contribution in [1.82, 2.24) is 0 Å². The van der Waals surface area contributed by atoms with Crippen LogP contribution in [0.4, 0.5) is 0 Å². The quantitative estimate of drug-likeness (QED) is 0.269. The van der Waals surface area contributed by atoms with Gasteiger partial charge in [-0.05, 0) is 32.1 Å². The zero-order valence-corrected chi connectivity index (χ0v) is 24.9. The molecule has 3 N–H and O–H groups in total. The molecule has 0 rings (SSSR count). The second-order valence-electron chi connectivity index (χ2n) is 9.36. The summed E-state index contributed by atoms with van der Waals surface area (Å²) in [6.07, 6.45) is 0. The van der Waals surface area contributed by atoms with Crippen LogP contribution in [0, 0.1) is 0 Å². The number of hydrogen-bond acceptors (Lipinski definition) is 5. The van der Waals surface area contributed by atoms with E-state index in [1.807, 2.05) is 19.6 Å². The molecule has 11 heteroatoms. The average molecular weight is 480 g/mol. The maximum absolute atomic E-state index is 12.8. The minimum absolute atomic E-state index is 0.0558. The third-order valence-corrected chi connectivity index (χ3v) is 45.5. The third-order valence-electron chi connectivity index (χ3n) is 6.89. The van der Waals surface area contributed by atoms with Crippen LogP contribution in [-0.2, 0) is 9.53 Å². The van der Waals surface area contributed by atoms with Crippen molar-refractivity contribution in [2.24, 2.45) is 0 Å². The molecule has 1 unspecified atom stereocenters. The van der Waals surface area contributed by atoms with Crippen molar-refractivity contribution in [3.05, 3.63) is 12.2 Å². The van der Waals surface area contributed by atoms with E-state index in [2.05, 4.69) is 52.8 Å². The molecule has 0 aromatic heterocycles. The van der Waals surface area contributed by atoms with Gasteiger partial charge in [0.1, 0.15) is 15.2 Å². The highest BCUT2D eigenvalue weighted by atomic mass is 29.3. The lowest BCUT2D eigenvalue weighted by atomic mass is 10.3. The molecule has 0 spiro atoms. The fraction of sp³-hybridized carbons (Fsp3) is 0.812. The average Bonchev–Trinajstić information content (AvgIpc) is 2.50. The molecule has 3 radical (unpaired) electrons. The van der Waals surface area contributed by atoms with E-state index < -0.39 is 59.3 Å². The summed E-state index contributed by atoms with van der Waals surface area (Å²) in [5, 5.41) is 0. The van der Waals surface area contributed by atoms with Crippen LogP contribution in [-0.4, -0.2) is 73.7 Å². The summed E-state index contributed by atoms with van der Waals surface area (Å²) in [4.78, 5) is 44.5. The number of carbonyl (C=O) groups is 1. The summed E-state index contributed by atoms with van der Waals surface area (Å²) in [6.45, 7) is 25.9. The number of carbonyl (C=O) groups excluding carboxylic acids is 1. The minimum Gasteiger partial charge on any atom is -0.464 e. The fourth-order valence-electron chi connectivity index (χ4n) is 3.80. The van der Waals surface area contributed by atoms with Gasteiger partial charge in [-0.2, -0.15) is 0 Å². The lowest BCUT2D eigenvalue weighted by molar-refractivity contribution is -0.143. The Morgan fingerprint density at radius 3 is 1.48 bits per heavy atom. The molecule has 27 heavy (non-hydrogen) atoms. The van der Waals surface area contributed by atoms with Crippen LogP contribution in [0.2, 0.25) is 64.5 Å². The second-order valence-corrected chi connectivity index (χ2v) is 43.5. The molecular formula is C16H39O5Si6. The third kappa shape index (κ3) is 4.77. The molecule has 0 saturated carbocycles. The predicted octanol–water partition coefficient (Wildman–Crippen LogP) is 2.51. The number of ether oxygens (including phenoxy) is 1. The molecule has 0 bridgehead atoms. The largest absolute Gasteiger partial charge is 0.464 e. The molecule has 0 heterocycles. The van der Waals surface area contributed by atoms with Crippen LogP contribution in [0.3, 0.4) is 0 Å². The first-order valence-corrected chi connectivity index (χ1v) is 27.2. The predicted molar refractivity (Wildman–Crippen MR) is 127 cm³/mol.